The van der Waals surface area contributed by atoms with E-state index in [9.17, 15) is 4.79 Å². The molecule has 1 aromatic carbocycles. The summed E-state index contributed by atoms with van der Waals surface area (Å²) in [6, 6.07) is 7.66. The smallest absolute Gasteiger partial charge is 0.243 e. The fourth-order valence-electron chi connectivity index (χ4n) is 2.67. The zero-order valence-corrected chi connectivity index (χ0v) is 14.9. The predicted molar refractivity (Wildman–Crippen MR) is 98.5 cm³/mol. The molecule has 1 aliphatic rings. The Morgan fingerprint density at radius 3 is 2.74 bits per heavy atom. The second kappa shape index (κ2) is 7.16. The zero-order chi connectivity index (χ0) is 16.2. The molecule has 1 heterocycles. The third-order valence-electron chi connectivity index (χ3n) is 3.81. The van der Waals surface area contributed by atoms with Crippen LogP contribution in [-0.4, -0.2) is 12.5 Å². The first-order chi connectivity index (χ1) is 11.2. The van der Waals surface area contributed by atoms with Gasteiger partial charge in [0.25, 0.3) is 0 Å². The standard InChI is InChI=1S/C17H16BrN3OS/c1-19-16-13-4-2-3-5-14(13)23-17(16)21-15(22)10-20-12-8-6-11(18)7-9-12/h6-9,20H,2-5,10H2,(H,21,22). The van der Waals surface area contributed by atoms with Crippen molar-refractivity contribution in [3.63, 3.8) is 0 Å². The summed E-state index contributed by atoms with van der Waals surface area (Å²) in [5.41, 5.74) is 2.67. The molecule has 1 aromatic heterocycles. The van der Waals surface area contributed by atoms with Crippen molar-refractivity contribution < 1.29 is 4.79 Å². The molecule has 0 saturated heterocycles. The number of hydrogen-bond donors (Lipinski definition) is 2. The van der Waals surface area contributed by atoms with E-state index < -0.39 is 0 Å². The van der Waals surface area contributed by atoms with Gasteiger partial charge in [-0.25, -0.2) is 4.85 Å². The minimum absolute atomic E-state index is 0.128. The van der Waals surface area contributed by atoms with Crippen LogP contribution < -0.4 is 10.6 Å². The maximum atomic E-state index is 12.2. The first-order valence-corrected chi connectivity index (χ1v) is 9.09. The summed E-state index contributed by atoms with van der Waals surface area (Å²) in [6.45, 7) is 7.58. The van der Waals surface area contributed by atoms with E-state index in [4.69, 9.17) is 6.57 Å². The van der Waals surface area contributed by atoms with E-state index >= 15 is 0 Å². The van der Waals surface area contributed by atoms with E-state index in [1.54, 1.807) is 11.3 Å². The maximum Gasteiger partial charge on any atom is 0.243 e. The Bertz CT molecular complexity index is 761. The monoisotopic (exact) mass is 389 g/mol. The number of aryl methyl sites for hydroxylation is 1. The van der Waals surface area contributed by atoms with Gasteiger partial charge in [-0.15, -0.1) is 11.3 Å². The van der Waals surface area contributed by atoms with E-state index in [0.717, 1.165) is 35.0 Å². The Kier molecular flexibility index (Phi) is 4.99. The Balaban J connectivity index is 1.65. The second-order valence-electron chi connectivity index (χ2n) is 5.41. The summed E-state index contributed by atoms with van der Waals surface area (Å²) >= 11 is 4.94. The summed E-state index contributed by atoms with van der Waals surface area (Å²) < 4.78 is 0.998. The Morgan fingerprint density at radius 1 is 1.26 bits per heavy atom. The summed E-state index contributed by atoms with van der Waals surface area (Å²) in [6.07, 6.45) is 4.28. The number of thiophene rings is 1. The van der Waals surface area contributed by atoms with Crippen LogP contribution in [0.15, 0.2) is 28.7 Å². The van der Waals surface area contributed by atoms with Gasteiger partial charge in [0.05, 0.1) is 13.1 Å². The number of amides is 1. The van der Waals surface area contributed by atoms with Gasteiger partial charge in [-0.3, -0.25) is 4.79 Å². The van der Waals surface area contributed by atoms with E-state index in [1.165, 1.54) is 11.3 Å². The minimum Gasteiger partial charge on any atom is -0.376 e. The van der Waals surface area contributed by atoms with Gasteiger partial charge < -0.3 is 10.6 Å². The van der Waals surface area contributed by atoms with Crippen LogP contribution in [0.4, 0.5) is 16.4 Å². The van der Waals surface area contributed by atoms with Crippen LogP contribution in [0.1, 0.15) is 23.3 Å². The van der Waals surface area contributed by atoms with Crippen LogP contribution in [0.25, 0.3) is 4.85 Å². The highest BCUT2D eigenvalue weighted by Gasteiger charge is 2.21. The number of nitrogens with zero attached hydrogens (tertiary/aromatic N) is 1. The van der Waals surface area contributed by atoms with Crippen LogP contribution in [0.5, 0.6) is 0 Å². The quantitative estimate of drug-likeness (QED) is 0.723. The van der Waals surface area contributed by atoms with Crippen LogP contribution in [0.2, 0.25) is 0 Å². The van der Waals surface area contributed by atoms with Crippen LogP contribution in [0, 0.1) is 6.57 Å². The largest absolute Gasteiger partial charge is 0.376 e. The molecule has 3 rings (SSSR count). The normalized spacial score (nSPS) is 13.0. The van der Waals surface area contributed by atoms with E-state index in [2.05, 4.69) is 31.4 Å². The average Bonchev–Trinajstić information content (AvgIpc) is 2.91. The van der Waals surface area contributed by atoms with Gasteiger partial charge in [-0.05, 0) is 54.0 Å². The van der Waals surface area contributed by atoms with E-state index in [1.807, 2.05) is 24.3 Å². The van der Waals surface area contributed by atoms with Crippen molar-refractivity contribution in [3.05, 3.63) is 50.6 Å². The first kappa shape index (κ1) is 16.0. The molecule has 23 heavy (non-hydrogen) atoms. The highest BCUT2D eigenvalue weighted by atomic mass is 79.9. The van der Waals surface area contributed by atoms with Gasteiger partial charge in [-0.2, -0.15) is 0 Å². The minimum atomic E-state index is -0.128. The van der Waals surface area contributed by atoms with Crippen molar-refractivity contribution in [3.8, 4) is 0 Å². The molecule has 4 nitrogen and oxygen atoms in total. The van der Waals surface area contributed by atoms with Crippen molar-refractivity contribution >= 4 is 49.5 Å². The third-order valence-corrected chi connectivity index (χ3v) is 5.53. The number of carbonyl (C=O) groups excluding carboxylic acids is 1. The average molecular weight is 390 g/mol. The van der Waals surface area contributed by atoms with E-state index in [0.29, 0.717) is 10.7 Å². The molecular formula is C17H16BrN3OS. The molecule has 0 saturated carbocycles. The number of fused-ring (bicyclic) bond motifs is 1. The highest BCUT2D eigenvalue weighted by Crippen LogP contribution is 2.43. The molecule has 0 fully saturated rings. The summed E-state index contributed by atoms with van der Waals surface area (Å²) in [4.78, 5) is 17.1. The summed E-state index contributed by atoms with van der Waals surface area (Å²) in [5, 5.41) is 6.68. The topological polar surface area (TPSA) is 45.5 Å². The van der Waals surface area contributed by atoms with Gasteiger partial charge in [0.15, 0.2) is 0 Å². The number of nitrogens with one attached hydrogen (secondary N) is 2. The highest BCUT2D eigenvalue weighted by molar-refractivity contribution is 9.10. The lowest BCUT2D eigenvalue weighted by Gasteiger charge is -2.10. The predicted octanol–water partition coefficient (Wildman–Crippen LogP) is 4.99. The van der Waals surface area contributed by atoms with Crippen molar-refractivity contribution in [2.24, 2.45) is 0 Å². The molecular weight excluding hydrogens is 374 g/mol. The zero-order valence-electron chi connectivity index (χ0n) is 12.5. The summed E-state index contributed by atoms with van der Waals surface area (Å²) in [5.74, 6) is -0.128. The molecule has 118 valence electrons. The molecule has 0 aliphatic heterocycles. The lowest BCUT2D eigenvalue weighted by molar-refractivity contribution is -0.114. The molecule has 6 heteroatoms. The molecule has 2 N–H and O–H groups in total. The number of hydrogen-bond acceptors (Lipinski definition) is 3. The molecule has 1 amide bonds. The number of halogens is 1. The molecule has 0 atom stereocenters. The van der Waals surface area contributed by atoms with Gasteiger partial charge >= 0.3 is 0 Å². The Labute approximate surface area is 147 Å². The lowest BCUT2D eigenvalue weighted by atomic mass is 9.98. The summed E-state index contributed by atoms with van der Waals surface area (Å²) in [7, 11) is 0. The fraction of sp³-hybridized carbons (Fsp3) is 0.294. The van der Waals surface area contributed by atoms with Crippen molar-refractivity contribution in [2.45, 2.75) is 25.7 Å². The fourth-order valence-corrected chi connectivity index (χ4v) is 4.18. The van der Waals surface area contributed by atoms with Crippen LogP contribution >= 0.6 is 27.3 Å². The number of benzene rings is 1. The number of rotatable bonds is 4. The van der Waals surface area contributed by atoms with Crippen molar-refractivity contribution in [1.82, 2.24) is 0 Å². The molecule has 0 unspecified atom stereocenters. The van der Waals surface area contributed by atoms with Crippen molar-refractivity contribution in [2.75, 3.05) is 17.2 Å². The molecule has 0 bridgehead atoms. The lowest BCUT2D eigenvalue weighted by Crippen LogP contribution is -2.21. The Hall–Kier alpha value is -1.84. The van der Waals surface area contributed by atoms with Gasteiger partial charge in [0, 0.05) is 10.2 Å². The second-order valence-corrected chi connectivity index (χ2v) is 7.43. The van der Waals surface area contributed by atoms with E-state index in [-0.39, 0.29) is 12.5 Å². The van der Waals surface area contributed by atoms with Crippen LogP contribution in [-0.2, 0) is 17.6 Å². The van der Waals surface area contributed by atoms with Crippen molar-refractivity contribution in [1.29, 1.82) is 0 Å². The molecule has 2 aromatic rings. The number of anilines is 2. The molecule has 0 radical (unpaired) electrons. The maximum absolute atomic E-state index is 12.2. The SMILES string of the molecule is [C-]#[N+]c1c(NC(=O)CNc2ccc(Br)cc2)sc2c1CCCC2. The number of carbonyl (C=O) groups is 1. The van der Waals surface area contributed by atoms with Gasteiger partial charge in [0.1, 0.15) is 5.00 Å². The molecule has 1 aliphatic carbocycles. The van der Waals surface area contributed by atoms with Gasteiger partial charge in [-0.1, -0.05) is 22.4 Å². The first-order valence-electron chi connectivity index (χ1n) is 7.48. The Morgan fingerprint density at radius 2 is 2.00 bits per heavy atom. The van der Waals surface area contributed by atoms with Gasteiger partial charge in [0.2, 0.25) is 11.6 Å². The third kappa shape index (κ3) is 3.74. The van der Waals surface area contributed by atoms with Crippen LogP contribution in [0.3, 0.4) is 0 Å². The molecule has 0 spiro atoms.